The first-order chi connectivity index (χ1) is 25.5. The molecule has 0 unspecified atom stereocenters. The van der Waals surface area contributed by atoms with Crippen LogP contribution in [-0.2, 0) is 64.3 Å². The summed E-state index contributed by atoms with van der Waals surface area (Å²) in [6.45, 7) is 9.03. The van der Waals surface area contributed by atoms with E-state index in [0.29, 0.717) is 19.8 Å². The highest BCUT2D eigenvalue weighted by molar-refractivity contribution is 5.16. The van der Waals surface area contributed by atoms with Crippen LogP contribution in [0.3, 0.4) is 0 Å². The Morgan fingerprint density at radius 1 is 0.500 bits per heavy atom. The summed E-state index contributed by atoms with van der Waals surface area (Å²) in [6, 6.07) is 39.8. The maximum atomic E-state index is 11.2. The summed E-state index contributed by atoms with van der Waals surface area (Å²) >= 11 is 0. The van der Waals surface area contributed by atoms with Crippen LogP contribution in [0.4, 0.5) is 0 Å². The van der Waals surface area contributed by atoms with Crippen LogP contribution in [0.5, 0.6) is 0 Å². The zero-order valence-corrected chi connectivity index (χ0v) is 29.9. The lowest BCUT2D eigenvalue weighted by Gasteiger charge is -2.49. The summed E-state index contributed by atoms with van der Waals surface area (Å²) in [5, 5.41) is 11.2. The third-order valence-corrected chi connectivity index (χ3v) is 9.31. The van der Waals surface area contributed by atoms with Gasteiger partial charge >= 0.3 is 0 Å². The highest BCUT2D eigenvalue weighted by Gasteiger charge is 2.52. The molecule has 2 fully saturated rings. The molecule has 1 N–H and O–H groups in total. The first kappa shape index (κ1) is 38.0. The number of aliphatic hydroxyl groups is 1. The third-order valence-electron chi connectivity index (χ3n) is 9.31. The van der Waals surface area contributed by atoms with Crippen molar-refractivity contribution in [2.75, 3.05) is 6.61 Å². The van der Waals surface area contributed by atoms with Gasteiger partial charge in [0.1, 0.15) is 36.6 Å². The average Bonchev–Trinajstić information content (AvgIpc) is 3.17. The van der Waals surface area contributed by atoms with Gasteiger partial charge in [-0.15, -0.1) is 6.58 Å². The molecule has 0 saturated carbocycles. The molecule has 10 atom stereocenters. The van der Waals surface area contributed by atoms with Crippen LogP contribution < -0.4 is 0 Å². The van der Waals surface area contributed by atoms with Crippen molar-refractivity contribution in [3.8, 4) is 0 Å². The highest BCUT2D eigenvalue weighted by atomic mass is 16.7. The molecule has 9 heteroatoms. The summed E-state index contributed by atoms with van der Waals surface area (Å²) in [4.78, 5) is 0. The number of ether oxygens (including phenoxy) is 8. The van der Waals surface area contributed by atoms with E-state index in [1.54, 1.807) is 6.08 Å². The monoisotopic (exact) mass is 710 g/mol. The Labute approximate surface area is 307 Å². The van der Waals surface area contributed by atoms with Gasteiger partial charge in [0.05, 0.1) is 45.2 Å². The molecule has 9 nitrogen and oxygen atoms in total. The lowest BCUT2D eigenvalue weighted by molar-refractivity contribution is -0.367. The summed E-state index contributed by atoms with van der Waals surface area (Å²) in [6.07, 6.45) is -5.89. The van der Waals surface area contributed by atoms with Gasteiger partial charge in [-0.05, 0) is 36.1 Å². The van der Waals surface area contributed by atoms with E-state index in [0.717, 1.165) is 22.3 Å². The van der Waals surface area contributed by atoms with E-state index in [1.807, 2.05) is 135 Å². The van der Waals surface area contributed by atoms with Crippen molar-refractivity contribution in [1.29, 1.82) is 0 Å². The number of benzene rings is 4. The zero-order chi connectivity index (χ0) is 36.1. The number of hydrogen-bond acceptors (Lipinski definition) is 9. The molecule has 6 rings (SSSR count). The Hall–Kier alpha value is -3.74. The van der Waals surface area contributed by atoms with Gasteiger partial charge in [-0.25, -0.2) is 0 Å². The zero-order valence-electron chi connectivity index (χ0n) is 29.9. The van der Waals surface area contributed by atoms with E-state index in [9.17, 15) is 5.11 Å². The van der Waals surface area contributed by atoms with Gasteiger partial charge in [0, 0.05) is 0 Å². The molecule has 0 bridgehead atoms. The first-order valence-electron chi connectivity index (χ1n) is 18.0. The maximum absolute atomic E-state index is 11.2. The smallest absolute Gasteiger partial charge is 0.187 e. The fraction of sp³-hybridized carbons (Fsp3) is 0.395. The van der Waals surface area contributed by atoms with E-state index in [-0.39, 0.29) is 13.2 Å². The summed E-state index contributed by atoms with van der Waals surface area (Å²) < 4.78 is 52.3. The van der Waals surface area contributed by atoms with Crippen molar-refractivity contribution in [1.82, 2.24) is 0 Å². The van der Waals surface area contributed by atoms with Crippen LogP contribution in [0.15, 0.2) is 134 Å². The van der Waals surface area contributed by atoms with Crippen LogP contribution in [-0.4, -0.2) is 73.1 Å². The molecule has 0 aromatic heterocycles. The molecule has 2 heterocycles. The number of hydrogen-bond donors (Lipinski definition) is 1. The predicted molar refractivity (Wildman–Crippen MR) is 196 cm³/mol. The third kappa shape index (κ3) is 10.2. The molecule has 0 amide bonds. The Balaban J connectivity index is 1.32. The van der Waals surface area contributed by atoms with Gasteiger partial charge < -0.3 is 43.0 Å². The van der Waals surface area contributed by atoms with Crippen molar-refractivity contribution < 1.29 is 43.0 Å². The first-order valence-corrected chi connectivity index (χ1v) is 18.0. The van der Waals surface area contributed by atoms with E-state index in [1.165, 1.54) is 0 Å². The van der Waals surface area contributed by atoms with Crippen molar-refractivity contribution >= 4 is 0 Å². The second-order valence-electron chi connectivity index (χ2n) is 13.2. The standard InChI is InChI=1S/C43H50O9/c1-4-25-45-40-39(37(30(2)50-42(40)44)47-27-33-19-11-6-12-20-33)52-43-41(49-29-35-23-15-8-16-24-35)38(48-28-34-21-13-7-14-22-34)36(31(3)51-43)46-26-32-17-9-5-10-18-32/h4-24,30-31,36-44H,1,25-29H2,2-3H3/t30-,31-,36+,37-,38+,39+,40+,41-,42+,43-/m0/s1. The van der Waals surface area contributed by atoms with Crippen molar-refractivity contribution in [3.05, 3.63) is 156 Å². The lowest BCUT2D eigenvalue weighted by atomic mass is 9.96. The Morgan fingerprint density at radius 2 is 0.885 bits per heavy atom. The molecule has 4 aromatic rings. The molecule has 4 aromatic carbocycles. The minimum Gasteiger partial charge on any atom is -0.368 e. The van der Waals surface area contributed by atoms with Gasteiger partial charge in [0.15, 0.2) is 12.6 Å². The average molecular weight is 711 g/mol. The molecule has 2 saturated heterocycles. The van der Waals surface area contributed by atoms with E-state index < -0.39 is 61.4 Å². The van der Waals surface area contributed by atoms with Crippen molar-refractivity contribution in [3.63, 3.8) is 0 Å². The Morgan fingerprint density at radius 3 is 1.33 bits per heavy atom. The van der Waals surface area contributed by atoms with Crippen LogP contribution in [0.1, 0.15) is 36.1 Å². The normalized spacial score (nSPS) is 29.1. The fourth-order valence-corrected chi connectivity index (χ4v) is 6.63. The second kappa shape index (κ2) is 19.4. The van der Waals surface area contributed by atoms with E-state index in [4.69, 9.17) is 37.9 Å². The van der Waals surface area contributed by atoms with Crippen LogP contribution in [0.25, 0.3) is 0 Å². The number of aliphatic hydroxyl groups excluding tert-OH is 1. The molecule has 276 valence electrons. The highest BCUT2D eigenvalue weighted by Crippen LogP contribution is 2.35. The SMILES string of the molecule is C=CCO[C@@H]1[C@H](O[C@@H]2O[C@@H](C)[C@@H](OCc3ccccc3)[C@@H](OCc3ccccc3)[C@@H]2OCc2ccccc2)[C@@H](OCc2ccccc2)[C@H](C)O[C@H]1O. The van der Waals surface area contributed by atoms with E-state index in [2.05, 4.69) is 6.58 Å². The molecule has 52 heavy (non-hydrogen) atoms. The van der Waals surface area contributed by atoms with Gasteiger partial charge in [0.2, 0.25) is 0 Å². The van der Waals surface area contributed by atoms with Crippen LogP contribution in [0, 0.1) is 0 Å². The van der Waals surface area contributed by atoms with Crippen molar-refractivity contribution in [2.45, 2.75) is 102 Å². The van der Waals surface area contributed by atoms with Crippen molar-refractivity contribution in [2.24, 2.45) is 0 Å². The lowest BCUT2D eigenvalue weighted by Crippen LogP contribution is -2.65. The summed E-state index contributed by atoms with van der Waals surface area (Å²) in [5.74, 6) is 0. The Bertz CT molecular complexity index is 1590. The second-order valence-corrected chi connectivity index (χ2v) is 13.2. The van der Waals surface area contributed by atoms with Gasteiger partial charge in [-0.1, -0.05) is 127 Å². The minimum atomic E-state index is -1.28. The van der Waals surface area contributed by atoms with E-state index >= 15 is 0 Å². The molecule has 0 radical (unpaired) electrons. The molecule has 0 spiro atoms. The van der Waals surface area contributed by atoms with Gasteiger partial charge in [-0.3, -0.25) is 0 Å². The molecular formula is C43H50O9. The van der Waals surface area contributed by atoms with Gasteiger partial charge in [0.25, 0.3) is 0 Å². The molecular weight excluding hydrogens is 660 g/mol. The minimum absolute atomic E-state index is 0.165. The number of rotatable bonds is 17. The quantitative estimate of drug-likeness (QED) is 0.119. The van der Waals surface area contributed by atoms with Gasteiger partial charge in [-0.2, -0.15) is 0 Å². The maximum Gasteiger partial charge on any atom is 0.187 e. The predicted octanol–water partition coefficient (Wildman–Crippen LogP) is 6.77. The van der Waals surface area contributed by atoms with Crippen LogP contribution >= 0.6 is 0 Å². The summed E-state index contributed by atoms with van der Waals surface area (Å²) in [7, 11) is 0. The molecule has 2 aliphatic rings. The Kier molecular flexibility index (Phi) is 14.2. The topological polar surface area (TPSA) is 94.1 Å². The molecule has 0 aliphatic carbocycles. The fourth-order valence-electron chi connectivity index (χ4n) is 6.63. The summed E-state index contributed by atoms with van der Waals surface area (Å²) in [5.41, 5.74) is 4.01. The largest absolute Gasteiger partial charge is 0.368 e. The molecule has 2 aliphatic heterocycles. The van der Waals surface area contributed by atoms with Crippen LogP contribution in [0.2, 0.25) is 0 Å².